The first-order valence-electron chi connectivity index (χ1n) is 10.1. The minimum absolute atomic E-state index is 0.0659. The van der Waals surface area contributed by atoms with E-state index in [1.807, 2.05) is 0 Å². The van der Waals surface area contributed by atoms with Crippen LogP contribution in [0.4, 0.5) is 0 Å². The van der Waals surface area contributed by atoms with Crippen molar-refractivity contribution in [3.05, 3.63) is 12.2 Å². The normalized spacial score (nSPS) is 48.2. The standard InChI is InChI=1S/C21H31NO3/c1-20-11-9-16-14(15(20)6-3-13(20)4-8-19(24)25)5-7-17-21(16,2)12-10-18(23)22-17/h10,12-17H,3-9,11H2,1-2H3,(H,22,23)(H,24,25)/t13-,14+,15+,16+,17-,20-,21-/m1/s1. The maximum Gasteiger partial charge on any atom is 0.303 e. The second kappa shape index (κ2) is 5.85. The van der Waals surface area contributed by atoms with E-state index >= 15 is 0 Å². The van der Waals surface area contributed by atoms with E-state index in [9.17, 15) is 9.59 Å². The summed E-state index contributed by atoms with van der Waals surface area (Å²) < 4.78 is 0. The topological polar surface area (TPSA) is 66.4 Å². The van der Waals surface area contributed by atoms with Crippen LogP contribution in [0.15, 0.2) is 12.2 Å². The van der Waals surface area contributed by atoms with E-state index in [1.54, 1.807) is 6.08 Å². The number of carboxylic acid groups (broad SMARTS) is 1. The van der Waals surface area contributed by atoms with E-state index in [-0.39, 0.29) is 11.3 Å². The maximum absolute atomic E-state index is 11.8. The molecule has 3 aliphatic carbocycles. The van der Waals surface area contributed by atoms with Crippen LogP contribution in [-0.2, 0) is 9.59 Å². The highest BCUT2D eigenvalue weighted by atomic mass is 16.4. The molecular formula is C21H31NO3. The van der Waals surface area contributed by atoms with Gasteiger partial charge in [-0.05, 0) is 80.1 Å². The molecule has 1 aliphatic heterocycles. The van der Waals surface area contributed by atoms with Gasteiger partial charge in [-0.15, -0.1) is 0 Å². The number of aliphatic carboxylic acids is 1. The quantitative estimate of drug-likeness (QED) is 0.818. The van der Waals surface area contributed by atoms with Crippen molar-refractivity contribution in [1.82, 2.24) is 5.32 Å². The summed E-state index contributed by atoms with van der Waals surface area (Å²) in [4.78, 5) is 22.8. The van der Waals surface area contributed by atoms with Gasteiger partial charge in [-0.25, -0.2) is 0 Å². The number of hydrogen-bond acceptors (Lipinski definition) is 2. The van der Waals surface area contributed by atoms with Crippen LogP contribution in [0.2, 0.25) is 0 Å². The van der Waals surface area contributed by atoms with Gasteiger partial charge >= 0.3 is 5.97 Å². The van der Waals surface area contributed by atoms with Crippen molar-refractivity contribution in [2.24, 2.45) is 34.5 Å². The van der Waals surface area contributed by atoms with Crippen molar-refractivity contribution in [2.75, 3.05) is 0 Å². The summed E-state index contributed by atoms with van der Waals surface area (Å²) in [7, 11) is 0. The van der Waals surface area contributed by atoms with E-state index in [0.29, 0.717) is 29.7 Å². The first-order chi connectivity index (χ1) is 11.8. The molecule has 7 atom stereocenters. The molecule has 0 aromatic rings. The Bertz CT molecular complexity index is 614. The molecule has 4 aliphatic rings. The number of nitrogens with one attached hydrogen (secondary N) is 1. The third-order valence-electron chi connectivity index (χ3n) is 8.59. The zero-order chi connectivity index (χ0) is 17.8. The lowest BCUT2D eigenvalue weighted by Crippen LogP contribution is -2.59. The molecule has 1 amide bonds. The fraction of sp³-hybridized carbons (Fsp3) is 0.810. The Kier molecular flexibility index (Phi) is 4.01. The van der Waals surface area contributed by atoms with Gasteiger partial charge in [-0.1, -0.05) is 19.9 Å². The van der Waals surface area contributed by atoms with Crippen LogP contribution in [-0.4, -0.2) is 23.0 Å². The maximum atomic E-state index is 11.8. The number of carbonyl (C=O) groups excluding carboxylic acids is 1. The average molecular weight is 345 g/mol. The van der Waals surface area contributed by atoms with Crippen LogP contribution in [0.25, 0.3) is 0 Å². The molecule has 0 bridgehead atoms. The molecule has 0 unspecified atom stereocenters. The molecule has 138 valence electrons. The molecule has 4 rings (SSSR count). The summed E-state index contributed by atoms with van der Waals surface area (Å²) in [6.07, 6.45) is 12.3. The van der Waals surface area contributed by atoms with Crippen molar-refractivity contribution in [3.63, 3.8) is 0 Å². The molecule has 0 saturated heterocycles. The van der Waals surface area contributed by atoms with E-state index in [2.05, 4.69) is 25.2 Å². The van der Waals surface area contributed by atoms with Gasteiger partial charge in [-0.2, -0.15) is 0 Å². The van der Waals surface area contributed by atoms with Gasteiger partial charge in [0.2, 0.25) is 5.91 Å². The lowest BCUT2D eigenvalue weighted by molar-refractivity contribution is -0.138. The van der Waals surface area contributed by atoms with Gasteiger partial charge in [0.1, 0.15) is 0 Å². The molecule has 3 saturated carbocycles. The van der Waals surface area contributed by atoms with E-state index < -0.39 is 5.97 Å². The van der Waals surface area contributed by atoms with Crippen molar-refractivity contribution in [3.8, 4) is 0 Å². The zero-order valence-electron chi connectivity index (χ0n) is 15.5. The molecular weight excluding hydrogens is 314 g/mol. The smallest absolute Gasteiger partial charge is 0.303 e. The van der Waals surface area contributed by atoms with Gasteiger partial charge in [0.15, 0.2) is 0 Å². The summed E-state index contributed by atoms with van der Waals surface area (Å²) in [6.45, 7) is 4.80. The highest BCUT2D eigenvalue weighted by Crippen LogP contribution is 2.65. The largest absolute Gasteiger partial charge is 0.481 e. The Hall–Kier alpha value is -1.32. The van der Waals surface area contributed by atoms with Crippen LogP contribution in [0.3, 0.4) is 0 Å². The molecule has 0 spiro atoms. The molecule has 0 aromatic carbocycles. The number of amides is 1. The Balaban J connectivity index is 1.57. The van der Waals surface area contributed by atoms with Gasteiger partial charge < -0.3 is 10.4 Å². The predicted molar refractivity (Wildman–Crippen MR) is 95.8 cm³/mol. The van der Waals surface area contributed by atoms with Crippen molar-refractivity contribution >= 4 is 11.9 Å². The third-order valence-corrected chi connectivity index (χ3v) is 8.59. The zero-order valence-corrected chi connectivity index (χ0v) is 15.5. The van der Waals surface area contributed by atoms with E-state index in [0.717, 1.165) is 24.7 Å². The summed E-state index contributed by atoms with van der Waals surface area (Å²) in [5.41, 5.74) is 0.415. The first-order valence-corrected chi connectivity index (χ1v) is 10.1. The lowest BCUT2D eigenvalue weighted by atomic mass is 9.48. The van der Waals surface area contributed by atoms with Gasteiger partial charge in [0, 0.05) is 17.9 Å². The average Bonchev–Trinajstić information content (AvgIpc) is 2.90. The highest BCUT2D eigenvalue weighted by Gasteiger charge is 2.59. The number of rotatable bonds is 3. The number of fused-ring (bicyclic) bond motifs is 5. The molecule has 0 aromatic heterocycles. The van der Waals surface area contributed by atoms with Crippen LogP contribution >= 0.6 is 0 Å². The number of carboxylic acids is 1. The molecule has 25 heavy (non-hydrogen) atoms. The second-order valence-corrected chi connectivity index (χ2v) is 9.47. The second-order valence-electron chi connectivity index (χ2n) is 9.47. The molecule has 4 nitrogen and oxygen atoms in total. The summed E-state index contributed by atoms with van der Waals surface area (Å²) >= 11 is 0. The molecule has 1 heterocycles. The highest BCUT2D eigenvalue weighted by molar-refractivity contribution is 5.89. The Labute approximate surface area is 150 Å². The summed E-state index contributed by atoms with van der Waals surface area (Å²) in [6, 6.07) is 0.291. The first kappa shape index (κ1) is 17.1. The monoisotopic (exact) mass is 345 g/mol. The molecule has 3 fully saturated rings. The van der Waals surface area contributed by atoms with E-state index in [1.165, 1.54) is 32.1 Å². The van der Waals surface area contributed by atoms with Crippen molar-refractivity contribution < 1.29 is 14.7 Å². The fourth-order valence-electron chi connectivity index (χ4n) is 7.21. The Morgan fingerprint density at radius 1 is 1.20 bits per heavy atom. The van der Waals surface area contributed by atoms with Crippen LogP contribution < -0.4 is 5.32 Å². The number of carbonyl (C=O) groups is 2. The Morgan fingerprint density at radius 2 is 2.00 bits per heavy atom. The van der Waals surface area contributed by atoms with Crippen molar-refractivity contribution in [2.45, 2.75) is 71.3 Å². The summed E-state index contributed by atoms with van der Waals surface area (Å²) in [5.74, 6) is 2.09. The van der Waals surface area contributed by atoms with Crippen LogP contribution in [0, 0.1) is 34.5 Å². The SMILES string of the molecule is C[C@]12C=CC(=O)N[C@@H]1CC[C@@H]1[C@@H]2CC[C@]2(C)[C@@H](CCC(=O)O)CC[C@@H]12. The minimum Gasteiger partial charge on any atom is -0.481 e. The number of hydrogen-bond donors (Lipinski definition) is 2. The lowest BCUT2D eigenvalue weighted by Gasteiger charge is -2.59. The summed E-state index contributed by atoms with van der Waals surface area (Å²) in [5, 5.41) is 12.3. The van der Waals surface area contributed by atoms with Crippen molar-refractivity contribution in [1.29, 1.82) is 0 Å². The molecule has 4 heteroatoms. The van der Waals surface area contributed by atoms with Crippen LogP contribution in [0.1, 0.15) is 65.2 Å². The van der Waals surface area contributed by atoms with Crippen LogP contribution in [0.5, 0.6) is 0 Å². The Morgan fingerprint density at radius 3 is 2.76 bits per heavy atom. The van der Waals surface area contributed by atoms with Gasteiger partial charge in [0.05, 0.1) is 0 Å². The fourth-order valence-corrected chi connectivity index (χ4v) is 7.21. The van der Waals surface area contributed by atoms with E-state index in [4.69, 9.17) is 5.11 Å². The molecule has 0 radical (unpaired) electrons. The van der Waals surface area contributed by atoms with Gasteiger partial charge in [0.25, 0.3) is 0 Å². The third kappa shape index (κ3) is 2.55. The minimum atomic E-state index is -0.656. The molecule has 2 N–H and O–H groups in total. The predicted octanol–water partition coefficient (Wildman–Crippen LogP) is 3.76. The van der Waals surface area contributed by atoms with Gasteiger partial charge in [-0.3, -0.25) is 9.59 Å².